The highest BCUT2D eigenvalue weighted by atomic mass is 19.4. The van der Waals surface area contributed by atoms with E-state index in [0.29, 0.717) is 19.4 Å². The van der Waals surface area contributed by atoms with Crippen molar-refractivity contribution in [3.63, 3.8) is 0 Å². The Labute approximate surface area is 100 Å². The molecule has 1 saturated heterocycles. The molecule has 5 nitrogen and oxygen atoms in total. The summed E-state index contributed by atoms with van der Waals surface area (Å²) in [6.07, 6.45) is -2.89. The van der Waals surface area contributed by atoms with Crippen molar-refractivity contribution in [2.75, 3.05) is 13.2 Å². The number of carbonyl (C=O) groups is 1. The van der Waals surface area contributed by atoms with Crippen LogP contribution in [-0.4, -0.2) is 34.1 Å². The average molecular weight is 264 g/mol. The summed E-state index contributed by atoms with van der Waals surface area (Å²) < 4.78 is 44.5. The molecule has 1 atom stereocenters. The molecule has 1 N–H and O–H groups in total. The normalized spacial score (nSPS) is 20.9. The third kappa shape index (κ3) is 2.33. The number of halogens is 3. The number of ether oxygens (including phenoxy) is 1. The van der Waals surface area contributed by atoms with Gasteiger partial charge in [-0.3, -0.25) is 4.68 Å². The second kappa shape index (κ2) is 4.60. The second-order valence-corrected chi connectivity index (χ2v) is 4.03. The monoisotopic (exact) mass is 264 g/mol. The zero-order valence-electron chi connectivity index (χ0n) is 9.28. The third-order valence-electron chi connectivity index (χ3n) is 2.78. The number of hydrogen-bond donors (Lipinski definition) is 1. The number of alkyl halides is 3. The first-order valence-corrected chi connectivity index (χ1v) is 5.37. The highest BCUT2D eigenvalue weighted by Crippen LogP contribution is 2.35. The van der Waals surface area contributed by atoms with Gasteiger partial charge in [0, 0.05) is 6.61 Å². The van der Waals surface area contributed by atoms with Gasteiger partial charge in [0.25, 0.3) is 0 Å². The van der Waals surface area contributed by atoms with Crippen LogP contribution < -0.4 is 0 Å². The Kier molecular flexibility index (Phi) is 3.29. The maximum atomic E-state index is 12.9. The smallest absolute Gasteiger partial charge is 0.433 e. The molecule has 1 fully saturated rings. The maximum Gasteiger partial charge on any atom is 0.433 e. The van der Waals surface area contributed by atoms with Crippen molar-refractivity contribution in [2.45, 2.75) is 25.1 Å². The van der Waals surface area contributed by atoms with Crippen molar-refractivity contribution in [3.8, 4) is 0 Å². The SMILES string of the molecule is O=C(O)c1cnn([C@@H]2CCCOC2)c1C(F)(F)F. The molecule has 100 valence electrons. The number of aromatic nitrogens is 2. The Morgan fingerprint density at radius 2 is 2.28 bits per heavy atom. The highest BCUT2D eigenvalue weighted by Gasteiger charge is 2.41. The summed E-state index contributed by atoms with van der Waals surface area (Å²) in [5, 5.41) is 12.3. The first-order chi connectivity index (χ1) is 8.41. The summed E-state index contributed by atoms with van der Waals surface area (Å²) >= 11 is 0. The maximum absolute atomic E-state index is 12.9. The van der Waals surface area contributed by atoms with Gasteiger partial charge in [0.15, 0.2) is 5.69 Å². The van der Waals surface area contributed by atoms with E-state index in [2.05, 4.69) is 5.10 Å². The topological polar surface area (TPSA) is 64.3 Å². The first-order valence-electron chi connectivity index (χ1n) is 5.37. The largest absolute Gasteiger partial charge is 0.478 e. The van der Waals surface area contributed by atoms with Crippen molar-refractivity contribution >= 4 is 5.97 Å². The molecule has 1 aromatic heterocycles. The summed E-state index contributed by atoms with van der Waals surface area (Å²) in [5.74, 6) is -1.63. The number of nitrogens with zero attached hydrogens (tertiary/aromatic N) is 2. The molecule has 18 heavy (non-hydrogen) atoms. The Morgan fingerprint density at radius 1 is 1.56 bits per heavy atom. The van der Waals surface area contributed by atoms with E-state index in [0.717, 1.165) is 10.9 Å². The minimum Gasteiger partial charge on any atom is -0.478 e. The Morgan fingerprint density at radius 3 is 2.78 bits per heavy atom. The fourth-order valence-electron chi connectivity index (χ4n) is 1.99. The summed E-state index contributed by atoms with van der Waals surface area (Å²) in [6.45, 7) is 0.620. The van der Waals surface area contributed by atoms with Gasteiger partial charge >= 0.3 is 12.1 Å². The molecule has 1 aliphatic rings. The van der Waals surface area contributed by atoms with Crippen molar-refractivity contribution in [2.24, 2.45) is 0 Å². The molecule has 1 aromatic rings. The highest BCUT2D eigenvalue weighted by molar-refractivity contribution is 5.88. The van der Waals surface area contributed by atoms with Crippen LogP contribution in [0.15, 0.2) is 6.20 Å². The minimum atomic E-state index is -4.75. The number of carboxylic acids is 1. The van der Waals surface area contributed by atoms with E-state index in [1.54, 1.807) is 0 Å². The molecule has 2 rings (SSSR count). The van der Waals surface area contributed by atoms with Crippen LogP contribution >= 0.6 is 0 Å². The van der Waals surface area contributed by atoms with Crippen LogP contribution in [0.4, 0.5) is 13.2 Å². The number of aromatic carboxylic acids is 1. The average Bonchev–Trinajstić information content (AvgIpc) is 2.74. The Hall–Kier alpha value is -1.57. The van der Waals surface area contributed by atoms with Crippen LogP contribution in [0.3, 0.4) is 0 Å². The summed E-state index contributed by atoms with van der Waals surface area (Å²) in [6, 6.07) is -0.566. The van der Waals surface area contributed by atoms with Gasteiger partial charge in [0.2, 0.25) is 0 Å². The molecule has 2 heterocycles. The fraction of sp³-hybridized carbons (Fsp3) is 0.600. The van der Waals surface area contributed by atoms with E-state index < -0.39 is 29.4 Å². The Bertz CT molecular complexity index is 450. The second-order valence-electron chi connectivity index (χ2n) is 4.03. The Balaban J connectivity index is 2.44. The summed E-state index contributed by atoms with van der Waals surface area (Å²) in [7, 11) is 0. The number of rotatable bonds is 2. The molecule has 0 amide bonds. The minimum absolute atomic E-state index is 0.115. The zero-order chi connectivity index (χ0) is 13.3. The molecule has 0 saturated carbocycles. The van der Waals surface area contributed by atoms with Crippen LogP contribution in [0, 0.1) is 0 Å². The van der Waals surface area contributed by atoms with Crippen molar-refractivity contribution in [3.05, 3.63) is 17.5 Å². The van der Waals surface area contributed by atoms with E-state index in [1.807, 2.05) is 0 Å². The van der Waals surface area contributed by atoms with E-state index >= 15 is 0 Å². The molecule has 0 aromatic carbocycles. The molecule has 0 bridgehead atoms. The van der Waals surface area contributed by atoms with E-state index in [-0.39, 0.29) is 6.61 Å². The zero-order valence-corrected chi connectivity index (χ0v) is 9.28. The van der Waals surface area contributed by atoms with Gasteiger partial charge in [-0.15, -0.1) is 0 Å². The van der Waals surface area contributed by atoms with Crippen LogP contribution in [0.25, 0.3) is 0 Å². The summed E-state index contributed by atoms with van der Waals surface area (Å²) in [5.41, 5.74) is -2.04. The van der Waals surface area contributed by atoms with Gasteiger partial charge in [-0.2, -0.15) is 18.3 Å². The lowest BCUT2D eigenvalue weighted by molar-refractivity contribution is -0.146. The molecule has 8 heteroatoms. The molecular weight excluding hydrogens is 253 g/mol. The first kappa shape index (κ1) is 12.9. The standard InChI is InChI=1S/C10H11F3N2O3/c11-10(12,13)8-7(9(16)17)4-14-15(8)6-2-1-3-18-5-6/h4,6H,1-3,5H2,(H,16,17)/t6-/m1/s1. The number of hydrogen-bond acceptors (Lipinski definition) is 3. The predicted molar refractivity (Wildman–Crippen MR) is 53.3 cm³/mol. The third-order valence-corrected chi connectivity index (χ3v) is 2.78. The lowest BCUT2D eigenvalue weighted by Gasteiger charge is -2.24. The van der Waals surface area contributed by atoms with E-state index in [9.17, 15) is 18.0 Å². The van der Waals surface area contributed by atoms with E-state index in [1.165, 1.54) is 0 Å². The van der Waals surface area contributed by atoms with Crippen molar-refractivity contribution in [1.29, 1.82) is 0 Å². The molecule has 0 spiro atoms. The van der Waals surface area contributed by atoms with Crippen molar-refractivity contribution < 1.29 is 27.8 Å². The van der Waals surface area contributed by atoms with Gasteiger partial charge in [-0.25, -0.2) is 4.79 Å². The fourth-order valence-corrected chi connectivity index (χ4v) is 1.99. The van der Waals surface area contributed by atoms with Crippen LogP contribution in [0.2, 0.25) is 0 Å². The van der Waals surface area contributed by atoms with Gasteiger partial charge in [-0.1, -0.05) is 0 Å². The molecule has 0 radical (unpaired) electrons. The van der Waals surface area contributed by atoms with Crippen LogP contribution in [0.5, 0.6) is 0 Å². The van der Waals surface area contributed by atoms with Gasteiger partial charge in [0.05, 0.1) is 18.8 Å². The lowest BCUT2D eigenvalue weighted by Crippen LogP contribution is -2.27. The van der Waals surface area contributed by atoms with Crippen molar-refractivity contribution in [1.82, 2.24) is 9.78 Å². The van der Waals surface area contributed by atoms with Crippen LogP contribution in [0.1, 0.15) is 34.9 Å². The molecule has 0 aliphatic carbocycles. The molecular formula is C10H11F3N2O3. The number of carboxylic acid groups (broad SMARTS) is 1. The lowest BCUT2D eigenvalue weighted by atomic mass is 10.1. The van der Waals surface area contributed by atoms with Crippen LogP contribution in [-0.2, 0) is 10.9 Å². The van der Waals surface area contributed by atoms with Gasteiger partial charge < -0.3 is 9.84 Å². The van der Waals surface area contributed by atoms with Gasteiger partial charge in [-0.05, 0) is 12.8 Å². The predicted octanol–water partition coefficient (Wildman–Crippen LogP) is 1.95. The molecule has 1 aliphatic heterocycles. The van der Waals surface area contributed by atoms with Gasteiger partial charge in [0.1, 0.15) is 5.56 Å². The summed E-state index contributed by atoms with van der Waals surface area (Å²) in [4.78, 5) is 10.8. The van der Waals surface area contributed by atoms with E-state index in [4.69, 9.17) is 9.84 Å². The quantitative estimate of drug-likeness (QED) is 0.886. The molecule has 0 unspecified atom stereocenters.